The molecule has 1 aliphatic carbocycles. The number of rotatable bonds is 10. The number of aryl methyl sites for hydroxylation is 1. The molecular formula is C22H27FN2O3. The maximum absolute atomic E-state index is 14.2. The van der Waals surface area contributed by atoms with Crippen LogP contribution < -0.4 is 14.8 Å². The van der Waals surface area contributed by atoms with E-state index < -0.39 is 0 Å². The molecule has 0 saturated heterocycles. The Morgan fingerprint density at radius 2 is 2.04 bits per heavy atom. The summed E-state index contributed by atoms with van der Waals surface area (Å²) in [5.41, 5.74) is 1.40. The van der Waals surface area contributed by atoms with Crippen LogP contribution in [-0.2, 0) is 17.8 Å². The molecule has 0 aliphatic heterocycles. The van der Waals surface area contributed by atoms with Crippen LogP contribution in [0.1, 0.15) is 44.4 Å². The summed E-state index contributed by atoms with van der Waals surface area (Å²) >= 11 is 0. The van der Waals surface area contributed by atoms with Gasteiger partial charge in [-0.25, -0.2) is 4.39 Å². The van der Waals surface area contributed by atoms with Gasteiger partial charge in [-0.05, 0) is 62.8 Å². The summed E-state index contributed by atoms with van der Waals surface area (Å²) < 4.78 is 25.5. The smallest absolute Gasteiger partial charge is 0.217 e. The van der Waals surface area contributed by atoms with E-state index in [4.69, 9.17) is 9.47 Å². The molecule has 1 fully saturated rings. The molecule has 0 unspecified atom stereocenters. The molecule has 3 rings (SSSR count). The standard InChI is InChI=1S/C22H27FN2O3/c1-15(25-16(2)26)3-7-19-8-10-21(12-24-19)28-14-18-6-9-20(11-22(18)23)27-13-17-4-5-17/h6,8-12,15,17H,3-5,7,13-14H2,1-2H3,(H,25,26)/t15-/m0/s1. The number of hydrogen-bond donors (Lipinski definition) is 1. The van der Waals surface area contributed by atoms with E-state index >= 15 is 0 Å². The zero-order chi connectivity index (χ0) is 19.9. The van der Waals surface area contributed by atoms with Gasteiger partial charge >= 0.3 is 0 Å². The van der Waals surface area contributed by atoms with E-state index in [0.29, 0.717) is 29.6 Å². The second-order valence-corrected chi connectivity index (χ2v) is 7.42. The number of nitrogens with one attached hydrogen (secondary N) is 1. The highest BCUT2D eigenvalue weighted by Crippen LogP contribution is 2.30. The number of pyridine rings is 1. The van der Waals surface area contributed by atoms with Gasteiger partial charge in [0.1, 0.15) is 23.9 Å². The Kier molecular flexibility index (Phi) is 6.85. The largest absolute Gasteiger partial charge is 0.493 e. The lowest BCUT2D eigenvalue weighted by Crippen LogP contribution is -2.30. The summed E-state index contributed by atoms with van der Waals surface area (Å²) in [4.78, 5) is 15.4. The molecule has 1 aromatic carbocycles. The highest BCUT2D eigenvalue weighted by molar-refractivity contribution is 5.73. The first-order valence-electron chi connectivity index (χ1n) is 9.75. The maximum atomic E-state index is 14.2. The molecule has 5 nitrogen and oxygen atoms in total. The number of nitrogens with zero attached hydrogens (tertiary/aromatic N) is 1. The first-order valence-corrected chi connectivity index (χ1v) is 9.75. The average molecular weight is 386 g/mol. The van der Waals surface area contributed by atoms with Gasteiger partial charge in [0.15, 0.2) is 0 Å². The molecule has 1 saturated carbocycles. The van der Waals surface area contributed by atoms with Gasteiger partial charge in [-0.2, -0.15) is 0 Å². The van der Waals surface area contributed by atoms with E-state index in [2.05, 4.69) is 10.3 Å². The maximum Gasteiger partial charge on any atom is 0.217 e. The minimum atomic E-state index is -0.329. The fourth-order valence-electron chi connectivity index (χ4n) is 2.82. The lowest BCUT2D eigenvalue weighted by Gasteiger charge is -2.12. The molecule has 0 radical (unpaired) electrons. The second kappa shape index (κ2) is 9.53. The van der Waals surface area contributed by atoms with Gasteiger partial charge in [0.2, 0.25) is 5.91 Å². The third-order valence-electron chi connectivity index (χ3n) is 4.68. The molecule has 1 heterocycles. The lowest BCUT2D eigenvalue weighted by atomic mass is 10.1. The number of carbonyl (C=O) groups excluding carboxylic acids is 1. The van der Waals surface area contributed by atoms with Crippen LogP contribution in [-0.4, -0.2) is 23.5 Å². The number of ether oxygens (including phenoxy) is 2. The van der Waals surface area contributed by atoms with Crippen molar-refractivity contribution in [3.05, 3.63) is 53.6 Å². The van der Waals surface area contributed by atoms with Crippen LogP contribution in [0.3, 0.4) is 0 Å². The zero-order valence-electron chi connectivity index (χ0n) is 16.4. The molecule has 1 aromatic heterocycles. The Morgan fingerprint density at radius 1 is 1.25 bits per heavy atom. The van der Waals surface area contributed by atoms with Crippen LogP contribution in [0.4, 0.5) is 4.39 Å². The first-order chi connectivity index (χ1) is 13.5. The molecule has 150 valence electrons. The Bertz CT molecular complexity index is 791. The van der Waals surface area contributed by atoms with Crippen molar-refractivity contribution in [1.82, 2.24) is 10.3 Å². The number of amides is 1. The molecule has 28 heavy (non-hydrogen) atoms. The molecular weight excluding hydrogens is 359 g/mol. The van der Waals surface area contributed by atoms with Crippen molar-refractivity contribution in [3.8, 4) is 11.5 Å². The molecule has 0 spiro atoms. The van der Waals surface area contributed by atoms with Crippen LogP contribution in [0.15, 0.2) is 36.5 Å². The highest BCUT2D eigenvalue weighted by atomic mass is 19.1. The summed E-state index contributed by atoms with van der Waals surface area (Å²) in [6.45, 7) is 4.28. The lowest BCUT2D eigenvalue weighted by molar-refractivity contribution is -0.119. The molecule has 1 amide bonds. The van der Waals surface area contributed by atoms with Crippen LogP contribution in [0.25, 0.3) is 0 Å². The number of hydrogen-bond acceptors (Lipinski definition) is 4. The topological polar surface area (TPSA) is 60.5 Å². The average Bonchev–Trinajstić information content (AvgIpc) is 3.49. The molecule has 1 aliphatic rings. The van der Waals surface area contributed by atoms with Crippen LogP contribution in [0.2, 0.25) is 0 Å². The van der Waals surface area contributed by atoms with Crippen LogP contribution in [0.5, 0.6) is 11.5 Å². The van der Waals surface area contributed by atoms with Gasteiger partial charge in [0, 0.05) is 30.3 Å². The van der Waals surface area contributed by atoms with Crippen molar-refractivity contribution < 1.29 is 18.7 Å². The summed E-state index contributed by atoms with van der Waals surface area (Å²) in [5.74, 6) is 1.43. The van der Waals surface area contributed by atoms with Gasteiger partial charge in [-0.1, -0.05) is 0 Å². The number of benzene rings is 1. The molecule has 1 atom stereocenters. The Hall–Kier alpha value is -2.63. The van der Waals surface area contributed by atoms with Crippen molar-refractivity contribution in [2.45, 2.75) is 52.2 Å². The van der Waals surface area contributed by atoms with Crippen molar-refractivity contribution in [3.63, 3.8) is 0 Å². The normalized spacial score (nSPS) is 14.4. The van der Waals surface area contributed by atoms with Crippen molar-refractivity contribution in [1.29, 1.82) is 0 Å². The van der Waals surface area contributed by atoms with Gasteiger partial charge in [-0.15, -0.1) is 0 Å². The first kappa shape index (κ1) is 20.1. The quantitative estimate of drug-likeness (QED) is 0.669. The molecule has 6 heteroatoms. The number of carbonyl (C=O) groups is 1. The summed E-state index contributed by atoms with van der Waals surface area (Å²) in [5, 5.41) is 2.85. The third-order valence-corrected chi connectivity index (χ3v) is 4.68. The predicted molar refractivity (Wildman–Crippen MR) is 105 cm³/mol. The summed E-state index contributed by atoms with van der Waals surface area (Å²) in [6.07, 6.45) is 5.63. The van der Waals surface area contributed by atoms with Gasteiger partial charge in [0.05, 0.1) is 12.8 Å². The van der Waals surface area contributed by atoms with Crippen molar-refractivity contribution >= 4 is 5.91 Å². The SMILES string of the molecule is CC(=O)N[C@@H](C)CCc1ccc(OCc2ccc(OCC3CC3)cc2F)cn1. The van der Waals surface area contributed by atoms with E-state index in [1.165, 1.54) is 25.8 Å². The van der Waals surface area contributed by atoms with E-state index in [1.807, 2.05) is 19.1 Å². The molecule has 2 aromatic rings. The van der Waals surface area contributed by atoms with Crippen LogP contribution >= 0.6 is 0 Å². The van der Waals surface area contributed by atoms with E-state index in [0.717, 1.165) is 18.5 Å². The molecule has 0 bridgehead atoms. The van der Waals surface area contributed by atoms with Crippen molar-refractivity contribution in [2.75, 3.05) is 6.61 Å². The third kappa shape index (κ3) is 6.51. The minimum absolute atomic E-state index is 0.0288. The predicted octanol–water partition coefficient (Wildman–Crippen LogP) is 4.05. The monoisotopic (exact) mass is 386 g/mol. The van der Waals surface area contributed by atoms with Gasteiger partial charge < -0.3 is 14.8 Å². The van der Waals surface area contributed by atoms with Gasteiger partial charge in [-0.3, -0.25) is 9.78 Å². The minimum Gasteiger partial charge on any atom is -0.493 e. The fraction of sp³-hybridized carbons (Fsp3) is 0.455. The fourth-order valence-corrected chi connectivity index (χ4v) is 2.82. The Morgan fingerprint density at radius 3 is 2.68 bits per heavy atom. The molecule has 1 N–H and O–H groups in total. The van der Waals surface area contributed by atoms with Crippen LogP contribution in [0, 0.1) is 11.7 Å². The summed E-state index contributed by atoms with van der Waals surface area (Å²) in [7, 11) is 0. The Labute approximate surface area is 165 Å². The number of halogens is 1. The van der Waals surface area contributed by atoms with E-state index in [9.17, 15) is 9.18 Å². The zero-order valence-corrected chi connectivity index (χ0v) is 16.4. The van der Waals surface area contributed by atoms with E-state index in [1.54, 1.807) is 18.3 Å². The second-order valence-electron chi connectivity index (χ2n) is 7.42. The van der Waals surface area contributed by atoms with E-state index in [-0.39, 0.29) is 24.4 Å². The number of aromatic nitrogens is 1. The summed E-state index contributed by atoms with van der Waals surface area (Å²) in [6, 6.07) is 8.72. The Balaban J connectivity index is 1.45. The highest BCUT2D eigenvalue weighted by Gasteiger charge is 2.22. The van der Waals surface area contributed by atoms with Crippen molar-refractivity contribution in [2.24, 2.45) is 5.92 Å². The van der Waals surface area contributed by atoms with Gasteiger partial charge in [0.25, 0.3) is 0 Å².